The molecule has 3 nitrogen and oxygen atoms in total. The molecular weight excluding hydrogens is 150 g/mol. The van der Waals surface area contributed by atoms with Crippen LogP contribution < -0.4 is 5.01 Å². The van der Waals surface area contributed by atoms with Gasteiger partial charge in [0.2, 0.25) is 0 Å². The molecule has 1 aromatic rings. The average Bonchev–Trinajstić information content (AvgIpc) is 2.75. The maximum absolute atomic E-state index is 4.34. The Balaban J connectivity index is 2.16. The van der Waals surface area contributed by atoms with Crippen LogP contribution in [-0.2, 0) is 0 Å². The highest BCUT2D eigenvalue weighted by molar-refractivity contribution is 5.39. The van der Waals surface area contributed by atoms with Crippen molar-refractivity contribution in [3.8, 4) is 0 Å². The molecule has 0 unspecified atom stereocenters. The second-order valence-electron chi connectivity index (χ2n) is 3.03. The van der Waals surface area contributed by atoms with Crippen molar-refractivity contribution < 1.29 is 0 Å². The minimum absolute atomic E-state index is 0.946. The molecule has 0 spiro atoms. The predicted molar refractivity (Wildman–Crippen MR) is 49.5 cm³/mol. The van der Waals surface area contributed by atoms with Gasteiger partial charge in [0.15, 0.2) is 0 Å². The lowest BCUT2D eigenvalue weighted by molar-refractivity contribution is 0.588. The predicted octanol–water partition coefficient (Wildman–Crippen LogP) is 1.26. The van der Waals surface area contributed by atoms with E-state index in [1.54, 1.807) is 6.08 Å². The first kappa shape index (κ1) is 7.40. The zero-order chi connectivity index (χ0) is 8.39. The maximum Gasteiger partial charge on any atom is 0.0866 e. The summed E-state index contributed by atoms with van der Waals surface area (Å²) in [5, 5.41) is 6.58. The van der Waals surface area contributed by atoms with Crippen molar-refractivity contribution in [3.63, 3.8) is 0 Å². The molecule has 1 saturated heterocycles. The number of hydrogen-bond acceptors (Lipinski definition) is 2. The lowest BCUT2D eigenvalue weighted by Gasteiger charge is -2.16. The molecule has 0 aromatic carbocycles. The van der Waals surface area contributed by atoms with Gasteiger partial charge in [0.05, 0.1) is 5.69 Å². The molecule has 1 aliphatic heterocycles. The Morgan fingerprint density at radius 1 is 1.42 bits per heavy atom. The molecule has 0 N–H and O–H groups in total. The first-order valence-corrected chi connectivity index (χ1v) is 4.33. The van der Waals surface area contributed by atoms with Crippen LogP contribution in [0.4, 0.5) is 0 Å². The summed E-state index contributed by atoms with van der Waals surface area (Å²) in [4.78, 5) is 1.92. The van der Waals surface area contributed by atoms with Gasteiger partial charge < -0.3 is 0 Å². The van der Waals surface area contributed by atoms with Gasteiger partial charge in [-0.15, -0.1) is 0 Å². The van der Waals surface area contributed by atoms with E-state index in [4.69, 9.17) is 0 Å². The van der Waals surface area contributed by atoms with Crippen LogP contribution in [0, 0.1) is 0 Å². The Labute approximate surface area is 72.3 Å². The van der Waals surface area contributed by atoms with Crippen LogP contribution in [0.1, 0.15) is 18.5 Å². The molecule has 3 heteroatoms. The second kappa shape index (κ2) is 3.01. The highest BCUT2D eigenvalue weighted by atomic mass is 15.7. The highest BCUT2D eigenvalue weighted by Gasteiger charge is 2.11. The van der Waals surface area contributed by atoms with Gasteiger partial charge in [-0.05, 0) is 25.0 Å². The molecule has 12 heavy (non-hydrogen) atoms. The summed E-state index contributed by atoms with van der Waals surface area (Å²) in [6.45, 7) is 5.92. The van der Waals surface area contributed by atoms with Crippen LogP contribution in [-0.4, -0.2) is 23.0 Å². The van der Waals surface area contributed by atoms with Crippen molar-refractivity contribution in [1.82, 2.24) is 9.89 Å². The fourth-order valence-electron chi connectivity index (χ4n) is 1.50. The van der Waals surface area contributed by atoms with E-state index in [1.807, 2.05) is 17.1 Å². The molecule has 0 amide bonds. The van der Waals surface area contributed by atoms with Gasteiger partial charge in [-0.2, -0.15) is 9.89 Å². The van der Waals surface area contributed by atoms with Crippen molar-refractivity contribution in [2.75, 3.05) is 18.1 Å². The maximum atomic E-state index is 4.34. The third kappa shape index (κ3) is 1.22. The second-order valence-corrected chi connectivity index (χ2v) is 3.03. The largest absolute Gasteiger partial charge is 0.297 e. The molecule has 0 bridgehead atoms. The molecular formula is C9H13N3. The van der Waals surface area contributed by atoms with Gasteiger partial charge in [-0.1, -0.05) is 6.58 Å². The monoisotopic (exact) mass is 163 g/mol. The lowest BCUT2D eigenvalue weighted by atomic mass is 10.4. The van der Waals surface area contributed by atoms with Crippen molar-refractivity contribution in [1.29, 1.82) is 0 Å². The van der Waals surface area contributed by atoms with Crippen LogP contribution in [0.3, 0.4) is 0 Å². The minimum Gasteiger partial charge on any atom is -0.297 e. The average molecular weight is 163 g/mol. The summed E-state index contributed by atoms with van der Waals surface area (Å²) >= 11 is 0. The summed E-state index contributed by atoms with van der Waals surface area (Å²) in [6, 6.07) is 1.98. The van der Waals surface area contributed by atoms with E-state index in [2.05, 4.69) is 16.7 Å². The van der Waals surface area contributed by atoms with Crippen LogP contribution in [0.5, 0.6) is 0 Å². The van der Waals surface area contributed by atoms with Gasteiger partial charge >= 0.3 is 0 Å². The van der Waals surface area contributed by atoms with Crippen LogP contribution in [0.15, 0.2) is 18.8 Å². The highest BCUT2D eigenvalue weighted by Crippen LogP contribution is 2.06. The molecule has 2 rings (SSSR count). The van der Waals surface area contributed by atoms with Crippen molar-refractivity contribution in [2.45, 2.75) is 12.8 Å². The molecule has 1 aliphatic rings. The Kier molecular flexibility index (Phi) is 1.86. The summed E-state index contributed by atoms with van der Waals surface area (Å²) in [5.41, 5.74) is 0.946. The molecule has 0 saturated carbocycles. The Hall–Kier alpha value is -1.25. The summed E-state index contributed by atoms with van der Waals surface area (Å²) in [7, 11) is 0. The minimum atomic E-state index is 0.946. The van der Waals surface area contributed by atoms with E-state index in [-0.39, 0.29) is 0 Å². The zero-order valence-electron chi connectivity index (χ0n) is 7.11. The Morgan fingerprint density at radius 3 is 2.75 bits per heavy atom. The van der Waals surface area contributed by atoms with Gasteiger partial charge in [0, 0.05) is 19.3 Å². The number of nitrogens with zero attached hydrogens (tertiary/aromatic N) is 3. The van der Waals surface area contributed by atoms with Crippen LogP contribution >= 0.6 is 0 Å². The molecule has 1 fully saturated rings. The van der Waals surface area contributed by atoms with Crippen molar-refractivity contribution >= 4 is 6.08 Å². The molecule has 1 aromatic heterocycles. The van der Waals surface area contributed by atoms with Gasteiger partial charge in [-0.25, -0.2) is 0 Å². The SMILES string of the molecule is C=Cc1ccn(N2CCCC2)n1. The van der Waals surface area contributed by atoms with Crippen molar-refractivity contribution in [2.24, 2.45) is 0 Å². The van der Waals surface area contributed by atoms with E-state index in [0.717, 1.165) is 18.8 Å². The van der Waals surface area contributed by atoms with Gasteiger partial charge in [-0.3, -0.25) is 5.01 Å². The fourth-order valence-corrected chi connectivity index (χ4v) is 1.50. The van der Waals surface area contributed by atoms with E-state index in [0.29, 0.717) is 0 Å². The normalized spacial score (nSPS) is 16.8. The molecule has 0 atom stereocenters. The molecule has 0 radical (unpaired) electrons. The molecule has 2 heterocycles. The van der Waals surface area contributed by atoms with Crippen LogP contribution in [0.2, 0.25) is 0 Å². The zero-order valence-corrected chi connectivity index (χ0v) is 7.11. The first-order valence-electron chi connectivity index (χ1n) is 4.33. The quantitative estimate of drug-likeness (QED) is 0.654. The van der Waals surface area contributed by atoms with Gasteiger partial charge in [0.1, 0.15) is 0 Å². The van der Waals surface area contributed by atoms with E-state index in [1.165, 1.54) is 12.8 Å². The Morgan fingerprint density at radius 2 is 2.17 bits per heavy atom. The van der Waals surface area contributed by atoms with E-state index in [9.17, 15) is 0 Å². The van der Waals surface area contributed by atoms with Gasteiger partial charge in [0.25, 0.3) is 0 Å². The van der Waals surface area contributed by atoms with E-state index < -0.39 is 0 Å². The number of aromatic nitrogens is 2. The first-order chi connectivity index (χ1) is 5.90. The Bertz CT molecular complexity index is 271. The summed E-state index contributed by atoms with van der Waals surface area (Å²) < 4.78 is 0. The molecule has 0 aliphatic carbocycles. The molecule has 64 valence electrons. The topological polar surface area (TPSA) is 21.1 Å². The van der Waals surface area contributed by atoms with E-state index >= 15 is 0 Å². The lowest BCUT2D eigenvalue weighted by Crippen LogP contribution is -2.31. The fraction of sp³-hybridized carbons (Fsp3) is 0.444. The number of hydrogen-bond donors (Lipinski definition) is 0. The summed E-state index contributed by atoms with van der Waals surface area (Å²) in [6.07, 6.45) is 6.32. The third-order valence-corrected chi connectivity index (χ3v) is 2.18. The smallest absolute Gasteiger partial charge is 0.0866 e. The third-order valence-electron chi connectivity index (χ3n) is 2.18. The number of rotatable bonds is 2. The standard InChI is InChI=1S/C9H13N3/c1-2-9-5-8-12(10-9)11-6-3-4-7-11/h2,5,8H,1,3-4,6-7H2. The van der Waals surface area contributed by atoms with Crippen LogP contribution in [0.25, 0.3) is 6.08 Å². The summed E-state index contributed by atoms with van der Waals surface area (Å²) in [5.74, 6) is 0. The van der Waals surface area contributed by atoms with Crippen molar-refractivity contribution in [3.05, 3.63) is 24.5 Å².